The number of hydrazine groups is 1. The van der Waals surface area contributed by atoms with E-state index >= 15 is 0 Å². The Balaban J connectivity index is 1.47. The minimum Gasteiger partial charge on any atom is -0.484 e. The molecule has 0 atom stereocenters. The number of nitrogens with zero attached hydrogens (tertiary/aromatic N) is 2. The van der Waals surface area contributed by atoms with Gasteiger partial charge in [0.2, 0.25) is 10.0 Å². The summed E-state index contributed by atoms with van der Waals surface area (Å²) in [5.41, 5.74) is 5.54. The molecule has 0 saturated carbocycles. The predicted octanol–water partition coefficient (Wildman–Crippen LogP) is 1.38. The van der Waals surface area contributed by atoms with Crippen LogP contribution in [-0.2, 0) is 21.2 Å². The third-order valence-corrected chi connectivity index (χ3v) is 6.62. The largest absolute Gasteiger partial charge is 0.484 e. The molecule has 0 radical (unpaired) electrons. The van der Waals surface area contributed by atoms with Gasteiger partial charge in [-0.1, -0.05) is 12.1 Å². The number of ether oxygens (including phenoxy) is 1. The first-order valence-corrected chi connectivity index (χ1v) is 11.1. The highest BCUT2D eigenvalue weighted by atomic mass is 32.2. The molecule has 31 heavy (non-hydrogen) atoms. The molecule has 1 heterocycles. The molecule has 1 aliphatic heterocycles. The minimum atomic E-state index is -3.55. The number of benzene rings is 2. The number of rotatable bonds is 7. The highest BCUT2D eigenvalue weighted by Gasteiger charge is 2.27. The molecular weight excluding hydrogens is 420 g/mol. The second-order valence-electron chi connectivity index (χ2n) is 6.91. The van der Waals surface area contributed by atoms with Crippen LogP contribution in [0, 0.1) is 11.3 Å². The Bertz CT molecular complexity index is 1070. The van der Waals surface area contributed by atoms with Crippen LogP contribution in [0.25, 0.3) is 0 Å². The van der Waals surface area contributed by atoms with Crippen molar-refractivity contribution in [2.24, 2.45) is 0 Å². The van der Waals surface area contributed by atoms with Crippen LogP contribution >= 0.6 is 0 Å². The van der Waals surface area contributed by atoms with Crippen molar-refractivity contribution in [3.05, 3.63) is 59.7 Å². The number of hydrogen-bond acceptors (Lipinski definition) is 6. The van der Waals surface area contributed by atoms with Crippen LogP contribution in [0.4, 0.5) is 0 Å². The van der Waals surface area contributed by atoms with Gasteiger partial charge < -0.3 is 4.74 Å². The number of carbonyl (C=O) groups excluding carboxylic acids is 2. The molecule has 0 bridgehead atoms. The Morgan fingerprint density at radius 2 is 1.65 bits per heavy atom. The third kappa shape index (κ3) is 5.81. The summed E-state index contributed by atoms with van der Waals surface area (Å²) < 4.78 is 31.8. The maximum atomic E-state index is 12.5. The maximum Gasteiger partial charge on any atom is 0.276 e. The van der Waals surface area contributed by atoms with Crippen molar-refractivity contribution in [3.8, 4) is 11.8 Å². The molecule has 2 aromatic carbocycles. The first-order chi connectivity index (χ1) is 14.9. The molecule has 1 fully saturated rings. The normalized spacial score (nSPS) is 13.9. The molecular formula is C21H22N4O5S. The van der Waals surface area contributed by atoms with E-state index in [0.29, 0.717) is 18.8 Å². The van der Waals surface area contributed by atoms with Crippen molar-refractivity contribution in [3.63, 3.8) is 0 Å². The first kappa shape index (κ1) is 22.3. The van der Waals surface area contributed by atoms with Gasteiger partial charge in [0.15, 0.2) is 6.61 Å². The van der Waals surface area contributed by atoms with Gasteiger partial charge in [-0.2, -0.15) is 9.57 Å². The number of carbonyl (C=O) groups is 2. The van der Waals surface area contributed by atoms with E-state index in [-0.39, 0.29) is 23.5 Å². The van der Waals surface area contributed by atoms with Gasteiger partial charge in [0.25, 0.3) is 11.8 Å². The van der Waals surface area contributed by atoms with Crippen molar-refractivity contribution in [2.75, 3.05) is 19.7 Å². The lowest BCUT2D eigenvalue weighted by Gasteiger charge is -2.15. The van der Waals surface area contributed by atoms with Crippen LogP contribution < -0.4 is 15.6 Å². The van der Waals surface area contributed by atoms with Crippen LogP contribution in [0.5, 0.6) is 5.75 Å². The summed E-state index contributed by atoms with van der Waals surface area (Å²) in [6, 6.07) is 14.3. The molecule has 162 valence electrons. The van der Waals surface area contributed by atoms with Gasteiger partial charge in [-0.05, 0) is 54.8 Å². The summed E-state index contributed by atoms with van der Waals surface area (Å²) in [6.07, 6.45) is 1.98. The van der Waals surface area contributed by atoms with E-state index in [0.717, 1.165) is 18.4 Å². The van der Waals surface area contributed by atoms with E-state index in [9.17, 15) is 18.0 Å². The summed E-state index contributed by atoms with van der Waals surface area (Å²) in [6.45, 7) is 0.691. The maximum absolute atomic E-state index is 12.5. The molecule has 0 aromatic heterocycles. The summed E-state index contributed by atoms with van der Waals surface area (Å²) in [7, 11) is -3.55. The summed E-state index contributed by atoms with van der Waals surface area (Å²) in [5.74, 6) is -0.694. The van der Waals surface area contributed by atoms with Crippen LogP contribution in [0.15, 0.2) is 53.4 Å². The molecule has 0 unspecified atom stereocenters. The van der Waals surface area contributed by atoms with E-state index in [1.165, 1.54) is 28.6 Å². The van der Waals surface area contributed by atoms with Crippen molar-refractivity contribution in [1.82, 2.24) is 15.2 Å². The number of amides is 2. The molecule has 0 aliphatic carbocycles. The molecule has 1 saturated heterocycles. The van der Waals surface area contributed by atoms with Crippen LogP contribution in [0.3, 0.4) is 0 Å². The summed E-state index contributed by atoms with van der Waals surface area (Å²) >= 11 is 0. The smallest absolute Gasteiger partial charge is 0.276 e. The lowest BCUT2D eigenvalue weighted by atomic mass is 10.2. The van der Waals surface area contributed by atoms with Gasteiger partial charge in [0.1, 0.15) is 5.75 Å². The van der Waals surface area contributed by atoms with Gasteiger partial charge in [-0.3, -0.25) is 20.4 Å². The predicted molar refractivity (Wildman–Crippen MR) is 111 cm³/mol. The number of nitrogens with one attached hydrogen (secondary N) is 2. The van der Waals surface area contributed by atoms with Gasteiger partial charge in [-0.15, -0.1) is 0 Å². The molecule has 9 nitrogen and oxygen atoms in total. The van der Waals surface area contributed by atoms with Crippen molar-refractivity contribution in [2.45, 2.75) is 24.2 Å². The standard InChI is InChI=1S/C21H22N4O5S/c22-12-11-16-3-7-18(8-4-16)30-15-20(26)23-24-21(27)17-5-9-19(10-6-17)31(28,29)25-13-1-2-14-25/h3-10H,1-2,11,13-15H2,(H,23,26)(H,24,27). The fourth-order valence-corrected chi connectivity index (χ4v) is 4.55. The van der Waals surface area contributed by atoms with Gasteiger partial charge in [0.05, 0.1) is 17.4 Å². The van der Waals surface area contributed by atoms with Gasteiger partial charge in [0, 0.05) is 18.7 Å². The lowest BCUT2D eigenvalue weighted by molar-refractivity contribution is -0.123. The molecule has 2 aromatic rings. The highest BCUT2D eigenvalue weighted by molar-refractivity contribution is 7.89. The van der Waals surface area contributed by atoms with Gasteiger partial charge in [-0.25, -0.2) is 8.42 Å². The quantitative estimate of drug-likeness (QED) is 0.624. The van der Waals surface area contributed by atoms with Crippen molar-refractivity contribution < 1.29 is 22.7 Å². The molecule has 3 rings (SSSR count). The molecule has 1 aliphatic rings. The Kier molecular flexibility index (Phi) is 7.23. The zero-order chi connectivity index (χ0) is 22.3. The fraction of sp³-hybridized carbons (Fsp3) is 0.286. The highest BCUT2D eigenvalue weighted by Crippen LogP contribution is 2.21. The second kappa shape index (κ2) is 10.1. The first-order valence-electron chi connectivity index (χ1n) is 9.68. The fourth-order valence-electron chi connectivity index (χ4n) is 3.03. The Hall–Kier alpha value is -3.42. The molecule has 10 heteroatoms. The molecule has 2 amide bonds. The number of nitriles is 1. The van der Waals surface area contributed by atoms with E-state index < -0.39 is 21.8 Å². The number of hydrogen-bond donors (Lipinski definition) is 2. The zero-order valence-corrected chi connectivity index (χ0v) is 17.5. The average molecular weight is 442 g/mol. The van der Waals surface area contributed by atoms with E-state index in [1.807, 2.05) is 6.07 Å². The van der Waals surface area contributed by atoms with E-state index in [1.54, 1.807) is 24.3 Å². The van der Waals surface area contributed by atoms with Crippen LogP contribution in [0.2, 0.25) is 0 Å². The summed E-state index contributed by atoms with van der Waals surface area (Å²) in [5, 5.41) is 8.65. The topological polar surface area (TPSA) is 129 Å². The third-order valence-electron chi connectivity index (χ3n) is 4.71. The van der Waals surface area contributed by atoms with Crippen LogP contribution in [-0.4, -0.2) is 44.2 Å². The van der Waals surface area contributed by atoms with Crippen LogP contribution in [0.1, 0.15) is 28.8 Å². The van der Waals surface area contributed by atoms with Gasteiger partial charge >= 0.3 is 0 Å². The second-order valence-corrected chi connectivity index (χ2v) is 8.84. The molecule has 0 spiro atoms. The average Bonchev–Trinajstić information content (AvgIpc) is 3.33. The monoisotopic (exact) mass is 442 g/mol. The zero-order valence-electron chi connectivity index (χ0n) is 16.7. The number of sulfonamides is 1. The van der Waals surface area contributed by atoms with Crippen molar-refractivity contribution in [1.29, 1.82) is 5.26 Å². The minimum absolute atomic E-state index is 0.129. The summed E-state index contributed by atoms with van der Waals surface area (Å²) in [4.78, 5) is 24.2. The van der Waals surface area contributed by atoms with Crippen molar-refractivity contribution >= 4 is 21.8 Å². The SMILES string of the molecule is N#CCc1ccc(OCC(=O)NNC(=O)c2ccc(S(=O)(=O)N3CCCC3)cc2)cc1. The molecule has 2 N–H and O–H groups in total. The Labute approximate surface area is 180 Å². The van der Waals surface area contributed by atoms with E-state index in [4.69, 9.17) is 10.00 Å². The Morgan fingerprint density at radius 3 is 2.26 bits per heavy atom. The lowest BCUT2D eigenvalue weighted by Crippen LogP contribution is -2.43. The van der Waals surface area contributed by atoms with E-state index in [2.05, 4.69) is 10.9 Å². The Morgan fingerprint density at radius 1 is 1.00 bits per heavy atom.